The van der Waals surface area contributed by atoms with Gasteiger partial charge in [0.25, 0.3) is 0 Å². The number of hydrogen-bond acceptors (Lipinski definition) is 5. The highest BCUT2D eigenvalue weighted by molar-refractivity contribution is 5.92. The lowest BCUT2D eigenvalue weighted by Crippen LogP contribution is -2.48. The van der Waals surface area contributed by atoms with Gasteiger partial charge in [0.15, 0.2) is 5.43 Å². The normalized spacial score (nSPS) is 15.2. The highest BCUT2D eigenvalue weighted by atomic mass is 16.5. The first kappa shape index (κ1) is 18.1. The molecule has 1 aromatic heterocycles. The molecule has 2 aromatic rings. The highest BCUT2D eigenvalue weighted by Crippen LogP contribution is 2.15. The van der Waals surface area contributed by atoms with Crippen molar-refractivity contribution < 1.29 is 14.3 Å². The summed E-state index contributed by atoms with van der Waals surface area (Å²) in [6.45, 7) is 6.44. The number of ether oxygens (including phenoxy) is 1. The maximum atomic E-state index is 13.0. The van der Waals surface area contributed by atoms with Gasteiger partial charge in [-0.05, 0) is 19.1 Å². The molecule has 3 rings (SSSR count). The SMILES string of the molecule is CCOC(=O)c1[nH]c2ccccc2c(=O)c1CN1CCN(C(C)=O)CC1. The summed E-state index contributed by atoms with van der Waals surface area (Å²) >= 11 is 0. The van der Waals surface area contributed by atoms with Crippen LogP contribution >= 0.6 is 0 Å². The van der Waals surface area contributed by atoms with Crippen molar-refractivity contribution in [3.05, 3.63) is 45.7 Å². The average molecular weight is 357 g/mol. The molecule has 1 aromatic carbocycles. The molecule has 0 spiro atoms. The van der Waals surface area contributed by atoms with Gasteiger partial charge in [0.2, 0.25) is 5.91 Å². The highest BCUT2D eigenvalue weighted by Gasteiger charge is 2.24. The molecule has 7 heteroatoms. The molecular weight excluding hydrogens is 334 g/mol. The van der Waals surface area contributed by atoms with E-state index in [4.69, 9.17) is 4.74 Å². The van der Waals surface area contributed by atoms with Gasteiger partial charge in [-0.2, -0.15) is 0 Å². The van der Waals surface area contributed by atoms with Crippen LogP contribution in [0.2, 0.25) is 0 Å². The Balaban J connectivity index is 1.94. The Labute approximate surface area is 151 Å². The largest absolute Gasteiger partial charge is 0.461 e. The van der Waals surface area contributed by atoms with E-state index >= 15 is 0 Å². The molecule has 0 unspecified atom stereocenters. The number of pyridine rings is 1. The summed E-state index contributed by atoms with van der Waals surface area (Å²) in [5.41, 5.74) is 1.09. The van der Waals surface area contributed by atoms with E-state index in [1.807, 2.05) is 6.07 Å². The fourth-order valence-corrected chi connectivity index (χ4v) is 3.25. The number of nitrogens with zero attached hydrogens (tertiary/aromatic N) is 2. The van der Waals surface area contributed by atoms with Crippen LogP contribution in [-0.2, 0) is 16.1 Å². The minimum Gasteiger partial charge on any atom is -0.461 e. The predicted molar refractivity (Wildman–Crippen MR) is 98.1 cm³/mol. The van der Waals surface area contributed by atoms with Crippen LogP contribution in [-0.4, -0.2) is 59.4 Å². The van der Waals surface area contributed by atoms with Gasteiger partial charge >= 0.3 is 5.97 Å². The van der Waals surface area contributed by atoms with Crippen LogP contribution in [0.5, 0.6) is 0 Å². The predicted octanol–water partition coefficient (Wildman–Crippen LogP) is 1.37. The van der Waals surface area contributed by atoms with Crippen molar-refractivity contribution in [3.8, 4) is 0 Å². The third-order valence-electron chi connectivity index (χ3n) is 4.69. The van der Waals surface area contributed by atoms with Crippen molar-refractivity contribution in [2.75, 3.05) is 32.8 Å². The van der Waals surface area contributed by atoms with Crippen molar-refractivity contribution in [2.45, 2.75) is 20.4 Å². The summed E-state index contributed by atoms with van der Waals surface area (Å²) < 4.78 is 5.13. The van der Waals surface area contributed by atoms with Crippen molar-refractivity contribution in [1.29, 1.82) is 0 Å². The van der Waals surface area contributed by atoms with Crippen molar-refractivity contribution >= 4 is 22.8 Å². The molecule has 1 fully saturated rings. The lowest BCUT2D eigenvalue weighted by molar-refractivity contribution is -0.130. The van der Waals surface area contributed by atoms with Gasteiger partial charge in [0, 0.05) is 56.1 Å². The smallest absolute Gasteiger partial charge is 0.355 e. The van der Waals surface area contributed by atoms with Gasteiger partial charge in [-0.25, -0.2) is 4.79 Å². The zero-order valence-corrected chi connectivity index (χ0v) is 15.1. The van der Waals surface area contributed by atoms with Gasteiger partial charge in [0.1, 0.15) is 5.69 Å². The summed E-state index contributed by atoms with van der Waals surface area (Å²) in [5.74, 6) is -0.465. The Kier molecular flexibility index (Phi) is 5.37. The number of para-hydroxylation sites is 1. The number of hydrogen-bond donors (Lipinski definition) is 1. The van der Waals surface area contributed by atoms with Crippen LogP contribution in [0, 0.1) is 0 Å². The van der Waals surface area contributed by atoms with Gasteiger partial charge < -0.3 is 14.6 Å². The number of carbonyl (C=O) groups excluding carboxylic acids is 2. The van der Waals surface area contributed by atoms with Crippen LogP contribution in [0.4, 0.5) is 0 Å². The van der Waals surface area contributed by atoms with Crippen molar-refractivity contribution in [3.63, 3.8) is 0 Å². The van der Waals surface area contributed by atoms with Crippen LogP contribution in [0.25, 0.3) is 10.9 Å². The van der Waals surface area contributed by atoms with E-state index < -0.39 is 5.97 Å². The first-order valence-corrected chi connectivity index (χ1v) is 8.80. The lowest BCUT2D eigenvalue weighted by atomic mass is 10.1. The minimum absolute atomic E-state index is 0.0559. The second kappa shape index (κ2) is 7.70. The molecule has 0 radical (unpaired) electrons. The van der Waals surface area contributed by atoms with E-state index in [-0.39, 0.29) is 23.6 Å². The summed E-state index contributed by atoms with van der Waals surface area (Å²) in [6.07, 6.45) is 0. The third kappa shape index (κ3) is 3.62. The van der Waals surface area contributed by atoms with Crippen LogP contribution in [0.1, 0.15) is 29.9 Å². The third-order valence-corrected chi connectivity index (χ3v) is 4.69. The number of fused-ring (bicyclic) bond motifs is 1. The Morgan fingerprint density at radius 1 is 1.15 bits per heavy atom. The average Bonchev–Trinajstić information content (AvgIpc) is 2.64. The number of rotatable bonds is 4. The Bertz CT molecular complexity index is 882. The summed E-state index contributed by atoms with van der Waals surface area (Å²) in [4.78, 5) is 43.8. The number of H-pyrrole nitrogens is 1. The molecule has 1 N–H and O–H groups in total. The molecule has 1 saturated heterocycles. The van der Waals surface area contributed by atoms with Crippen LogP contribution < -0.4 is 5.43 Å². The molecule has 1 aliphatic heterocycles. The van der Waals surface area contributed by atoms with E-state index in [2.05, 4.69) is 9.88 Å². The van der Waals surface area contributed by atoms with E-state index in [1.165, 1.54) is 0 Å². The molecule has 1 amide bonds. The fraction of sp³-hybridized carbons (Fsp3) is 0.421. The van der Waals surface area contributed by atoms with Gasteiger partial charge in [0.05, 0.1) is 6.61 Å². The molecule has 0 atom stereocenters. The van der Waals surface area contributed by atoms with Gasteiger partial charge in [-0.3, -0.25) is 14.5 Å². The molecule has 138 valence electrons. The number of piperazine rings is 1. The topological polar surface area (TPSA) is 82.7 Å². The maximum Gasteiger partial charge on any atom is 0.355 e. The van der Waals surface area contributed by atoms with Gasteiger partial charge in [-0.1, -0.05) is 12.1 Å². The molecule has 0 saturated carbocycles. The van der Waals surface area contributed by atoms with Gasteiger partial charge in [-0.15, -0.1) is 0 Å². The Morgan fingerprint density at radius 2 is 1.85 bits per heavy atom. The fourth-order valence-electron chi connectivity index (χ4n) is 3.25. The van der Waals surface area contributed by atoms with E-state index in [9.17, 15) is 14.4 Å². The second-order valence-corrected chi connectivity index (χ2v) is 6.36. The van der Waals surface area contributed by atoms with Crippen molar-refractivity contribution in [2.24, 2.45) is 0 Å². The second-order valence-electron chi connectivity index (χ2n) is 6.36. The zero-order chi connectivity index (χ0) is 18.7. The first-order chi connectivity index (χ1) is 12.5. The molecule has 0 bridgehead atoms. The number of benzene rings is 1. The standard InChI is InChI=1S/C19H23N3O4/c1-3-26-19(25)17-15(12-21-8-10-22(11-9-21)13(2)23)18(24)14-6-4-5-7-16(14)20-17/h4-7H,3,8-12H2,1-2H3,(H,20,24). The molecule has 7 nitrogen and oxygen atoms in total. The quantitative estimate of drug-likeness (QED) is 0.836. The number of amides is 1. The zero-order valence-electron chi connectivity index (χ0n) is 15.1. The van der Waals surface area contributed by atoms with E-state index in [0.717, 1.165) is 0 Å². The number of aromatic nitrogens is 1. The summed E-state index contributed by atoms with van der Waals surface area (Å²) in [6, 6.07) is 7.14. The molecule has 1 aliphatic rings. The Morgan fingerprint density at radius 3 is 2.50 bits per heavy atom. The number of aromatic amines is 1. The van der Waals surface area contributed by atoms with E-state index in [1.54, 1.807) is 36.9 Å². The maximum absolute atomic E-state index is 13.0. The first-order valence-electron chi connectivity index (χ1n) is 8.80. The number of carbonyl (C=O) groups is 2. The monoisotopic (exact) mass is 357 g/mol. The minimum atomic E-state index is -0.521. The molecule has 26 heavy (non-hydrogen) atoms. The molecule has 0 aliphatic carbocycles. The summed E-state index contributed by atoms with van der Waals surface area (Å²) in [5, 5.41) is 0.554. The number of esters is 1. The van der Waals surface area contributed by atoms with Crippen LogP contribution in [0.15, 0.2) is 29.1 Å². The lowest BCUT2D eigenvalue weighted by Gasteiger charge is -2.34. The molecular formula is C19H23N3O4. The van der Waals surface area contributed by atoms with Crippen molar-refractivity contribution in [1.82, 2.24) is 14.8 Å². The van der Waals surface area contributed by atoms with E-state index in [0.29, 0.717) is 49.2 Å². The van der Waals surface area contributed by atoms with Crippen LogP contribution in [0.3, 0.4) is 0 Å². The summed E-state index contributed by atoms with van der Waals surface area (Å²) in [7, 11) is 0. The molecule has 2 heterocycles. The number of nitrogens with one attached hydrogen (secondary N) is 1. The Hall–Kier alpha value is -2.67.